The summed E-state index contributed by atoms with van der Waals surface area (Å²) < 4.78 is 11.5. The van der Waals surface area contributed by atoms with Crippen LogP contribution in [0.3, 0.4) is 0 Å². The Morgan fingerprint density at radius 2 is 1.65 bits per heavy atom. The van der Waals surface area contributed by atoms with Gasteiger partial charge in [-0.3, -0.25) is 4.79 Å². The van der Waals surface area contributed by atoms with E-state index >= 15 is 0 Å². The average Bonchev–Trinajstić information content (AvgIpc) is 2.57. The molecule has 7 heteroatoms. The standard InChI is InChI=1S/C16H27N3O4/c17-5-1-4-14-15(22-8-2-6-18)10-13(12-20)11-16(14)23-9-3-7-19-21/h10-12,19,21H,1-9,17-18H2. The van der Waals surface area contributed by atoms with E-state index in [1.54, 1.807) is 12.1 Å². The molecular formula is C16H27N3O4. The van der Waals surface area contributed by atoms with Gasteiger partial charge in [0.2, 0.25) is 0 Å². The molecule has 130 valence electrons. The van der Waals surface area contributed by atoms with E-state index in [1.807, 2.05) is 0 Å². The lowest BCUT2D eigenvalue weighted by Crippen LogP contribution is -2.13. The van der Waals surface area contributed by atoms with Gasteiger partial charge < -0.3 is 26.1 Å². The van der Waals surface area contributed by atoms with Crippen LogP contribution >= 0.6 is 0 Å². The summed E-state index contributed by atoms with van der Waals surface area (Å²) in [7, 11) is 0. The molecule has 1 aromatic rings. The maximum absolute atomic E-state index is 11.1. The molecule has 0 aliphatic carbocycles. The summed E-state index contributed by atoms with van der Waals surface area (Å²) in [4.78, 5) is 11.1. The minimum Gasteiger partial charge on any atom is -0.493 e. The van der Waals surface area contributed by atoms with Crippen molar-refractivity contribution in [1.82, 2.24) is 5.48 Å². The van der Waals surface area contributed by atoms with E-state index in [9.17, 15) is 4.79 Å². The Hall–Kier alpha value is -1.67. The van der Waals surface area contributed by atoms with Crippen molar-refractivity contribution >= 4 is 6.29 Å². The molecule has 0 radical (unpaired) electrons. The van der Waals surface area contributed by atoms with Gasteiger partial charge in [0.05, 0.1) is 13.2 Å². The molecule has 23 heavy (non-hydrogen) atoms. The van der Waals surface area contributed by atoms with Gasteiger partial charge >= 0.3 is 0 Å². The number of hydrogen-bond donors (Lipinski definition) is 4. The SMILES string of the molecule is NCCCOc1cc(C=O)cc(OCCCNO)c1CCCN. The third-order valence-corrected chi connectivity index (χ3v) is 3.25. The summed E-state index contributed by atoms with van der Waals surface area (Å²) in [6.07, 6.45) is 3.65. The van der Waals surface area contributed by atoms with Crippen molar-refractivity contribution in [3.8, 4) is 11.5 Å². The molecule has 1 aromatic carbocycles. The summed E-state index contributed by atoms with van der Waals surface area (Å²) in [6.45, 7) is 2.45. The van der Waals surface area contributed by atoms with Crippen LogP contribution in [0.5, 0.6) is 11.5 Å². The van der Waals surface area contributed by atoms with Crippen molar-refractivity contribution in [2.75, 3.05) is 32.8 Å². The molecule has 0 saturated heterocycles. The van der Waals surface area contributed by atoms with E-state index in [0.717, 1.165) is 24.7 Å². The smallest absolute Gasteiger partial charge is 0.150 e. The van der Waals surface area contributed by atoms with Gasteiger partial charge in [-0.2, -0.15) is 0 Å². The first-order valence-electron chi connectivity index (χ1n) is 7.91. The minimum atomic E-state index is 0.424. The molecule has 0 atom stereocenters. The molecule has 0 unspecified atom stereocenters. The maximum Gasteiger partial charge on any atom is 0.150 e. The number of carbonyl (C=O) groups is 1. The van der Waals surface area contributed by atoms with Crippen LogP contribution in [0.15, 0.2) is 12.1 Å². The molecule has 7 nitrogen and oxygen atoms in total. The molecule has 0 aliphatic heterocycles. The van der Waals surface area contributed by atoms with Crippen LogP contribution in [0.25, 0.3) is 0 Å². The Balaban J connectivity index is 2.95. The molecule has 0 aliphatic rings. The third-order valence-electron chi connectivity index (χ3n) is 3.25. The van der Waals surface area contributed by atoms with Crippen molar-refractivity contribution < 1.29 is 19.5 Å². The maximum atomic E-state index is 11.1. The number of aldehydes is 1. The molecule has 0 aromatic heterocycles. The second kappa shape index (κ2) is 11.8. The highest BCUT2D eigenvalue weighted by Crippen LogP contribution is 2.32. The van der Waals surface area contributed by atoms with Gasteiger partial charge in [0, 0.05) is 17.7 Å². The van der Waals surface area contributed by atoms with E-state index in [0.29, 0.717) is 62.8 Å². The molecule has 0 saturated carbocycles. The van der Waals surface area contributed by atoms with Gasteiger partial charge in [-0.15, -0.1) is 0 Å². The number of rotatable bonds is 13. The van der Waals surface area contributed by atoms with Gasteiger partial charge in [0.1, 0.15) is 17.8 Å². The highest BCUT2D eigenvalue weighted by molar-refractivity contribution is 5.77. The van der Waals surface area contributed by atoms with Gasteiger partial charge in [0.15, 0.2) is 0 Å². The summed E-state index contributed by atoms with van der Waals surface area (Å²) >= 11 is 0. The second-order valence-corrected chi connectivity index (χ2v) is 5.11. The largest absolute Gasteiger partial charge is 0.493 e. The van der Waals surface area contributed by atoms with Crippen molar-refractivity contribution in [1.29, 1.82) is 0 Å². The predicted molar refractivity (Wildman–Crippen MR) is 88.3 cm³/mol. The first-order chi connectivity index (χ1) is 11.3. The Labute approximate surface area is 136 Å². The number of nitrogens with two attached hydrogens (primary N) is 2. The zero-order valence-electron chi connectivity index (χ0n) is 13.4. The quantitative estimate of drug-likeness (QED) is 0.241. The molecular weight excluding hydrogens is 298 g/mol. The molecule has 0 bridgehead atoms. The highest BCUT2D eigenvalue weighted by Gasteiger charge is 2.13. The van der Waals surface area contributed by atoms with Gasteiger partial charge in [-0.1, -0.05) is 0 Å². The Morgan fingerprint density at radius 1 is 1.04 bits per heavy atom. The summed E-state index contributed by atoms with van der Waals surface area (Å²) in [5.74, 6) is 1.27. The van der Waals surface area contributed by atoms with Crippen LogP contribution in [0.4, 0.5) is 0 Å². The Morgan fingerprint density at radius 3 is 2.17 bits per heavy atom. The lowest BCUT2D eigenvalue weighted by Gasteiger charge is -2.17. The highest BCUT2D eigenvalue weighted by atomic mass is 16.5. The zero-order chi connectivity index (χ0) is 16.9. The monoisotopic (exact) mass is 325 g/mol. The minimum absolute atomic E-state index is 0.424. The number of benzene rings is 1. The van der Waals surface area contributed by atoms with Crippen LogP contribution in [-0.2, 0) is 6.42 Å². The van der Waals surface area contributed by atoms with E-state index < -0.39 is 0 Å². The number of hydroxylamine groups is 1. The lowest BCUT2D eigenvalue weighted by molar-refractivity contribution is 0.112. The van der Waals surface area contributed by atoms with E-state index in [4.69, 9.17) is 26.1 Å². The van der Waals surface area contributed by atoms with Gasteiger partial charge in [0.25, 0.3) is 0 Å². The summed E-state index contributed by atoms with van der Waals surface area (Å²) in [5.41, 5.74) is 14.6. The fraction of sp³-hybridized carbons (Fsp3) is 0.562. The van der Waals surface area contributed by atoms with E-state index in [2.05, 4.69) is 5.48 Å². The predicted octanol–water partition coefficient (Wildman–Crippen LogP) is 0.866. The van der Waals surface area contributed by atoms with Crippen molar-refractivity contribution in [2.24, 2.45) is 11.5 Å². The first kappa shape index (κ1) is 19.4. The fourth-order valence-electron chi connectivity index (χ4n) is 2.09. The fourth-order valence-corrected chi connectivity index (χ4v) is 2.09. The van der Waals surface area contributed by atoms with Gasteiger partial charge in [-0.25, -0.2) is 5.48 Å². The molecule has 1 rings (SSSR count). The lowest BCUT2D eigenvalue weighted by atomic mass is 10.0. The van der Waals surface area contributed by atoms with Crippen LogP contribution in [-0.4, -0.2) is 44.3 Å². The Bertz CT molecular complexity index is 469. The Kier molecular flexibility index (Phi) is 9.97. The topological polar surface area (TPSA) is 120 Å². The van der Waals surface area contributed by atoms with Crippen LogP contribution in [0.1, 0.15) is 35.2 Å². The van der Waals surface area contributed by atoms with E-state index in [1.165, 1.54) is 0 Å². The van der Waals surface area contributed by atoms with Crippen LogP contribution < -0.4 is 26.4 Å². The van der Waals surface area contributed by atoms with Crippen LogP contribution in [0, 0.1) is 0 Å². The molecule has 0 fully saturated rings. The normalized spacial score (nSPS) is 10.6. The zero-order valence-corrected chi connectivity index (χ0v) is 13.4. The summed E-state index contributed by atoms with van der Waals surface area (Å²) in [5, 5.41) is 8.58. The number of carbonyl (C=O) groups excluding carboxylic acids is 1. The molecule has 0 heterocycles. The number of nitrogens with one attached hydrogen (secondary N) is 1. The van der Waals surface area contributed by atoms with Crippen molar-refractivity contribution in [3.63, 3.8) is 0 Å². The number of ether oxygens (including phenoxy) is 2. The third kappa shape index (κ3) is 6.96. The van der Waals surface area contributed by atoms with Gasteiger partial charge in [-0.05, 0) is 50.9 Å². The molecule has 0 amide bonds. The average molecular weight is 325 g/mol. The molecule has 6 N–H and O–H groups in total. The van der Waals surface area contributed by atoms with Crippen molar-refractivity contribution in [2.45, 2.75) is 25.7 Å². The van der Waals surface area contributed by atoms with E-state index in [-0.39, 0.29) is 0 Å². The van der Waals surface area contributed by atoms with Crippen LogP contribution in [0.2, 0.25) is 0 Å². The first-order valence-corrected chi connectivity index (χ1v) is 7.91. The molecule has 0 spiro atoms. The second-order valence-electron chi connectivity index (χ2n) is 5.11. The number of hydrogen-bond acceptors (Lipinski definition) is 7. The van der Waals surface area contributed by atoms with Crippen molar-refractivity contribution in [3.05, 3.63) is 23.3 Å². The summed E-state index contributed by atoms with van der Waals surface area (Å²) in [6, 6.07) is 3.43.